The molecule has 0 aliphatic rings. The molecular weight excluding hydrogens is 426 g/mol. The molecule has 0 aliphatic heterocycles. The van der Waals surface area contributed by atoms with Crippen LogP contribution in [0, 0.1) is 0 Å². The molecule has 3 aromatic rings. The van der Waals surface area contributed by atoms with E-state index in [4.69, 9.17) is 4.74 Å². The number of benzene rings is 2. The number of carbonyl (C=O) groups excluding carboxylic acids is 3. The van der Waals surface area contributed by atoms with E-state index in [1.54, 1.807) is 41.8 Å². The van der Waals surface area contributed by atoms with Gasteiger partial charge in [-0.2, -0.15) is 0 Å². The molecule has 1 atom stereocenters. The molecule has 0 saturated carbocycles. The second-order valence-corrected chi connectivity index (χ2v) is 8.28. The Kier molecular flexibility index (Phi) is 7.99. The fourth-order valence-corrected chi connectivity index (χ4v) is 3.56. The molecule has 32 heavy (non-hydrogen) atoms. The molecule has 3 amide bonds. The zero-order valence-corrected chi connectivity index (χ0v) is 18.6. The van der Waals surface area contributed by atoms with E-state index in [2.05, 4.69) is 16.2 Å². The number of ether oxygens (including phenoxy) is 1. The Morgan fingerprint density at radius 3 is 2.22 bits per heavy atom. The van der Waals surface area contributed by atoms with Gasteiger partial charge in [0.15, 0.2) is 0 Å². The lowest BCUT2D eigenvalue weighted by Gasteiger charge is -2.19. The lowest BCUT2D eigenvalue weighted by atomic mass is 10.1. The van der Waals surface area contributed by atoms with Crippen LogP contribution in [-0.2, 0) is 11.2 Å². The van der Waals surface area contributed by atoms with Crippen molar-refractivity contribution in [1.82, 2.24) is 16.2 Å². The molecule has 2 aromatic carbocycles. The van der Waals surface area contributed by atoms with Crippen LogP contribution >= 0.6 is 11.3 Å². The Morgan fingerprint density at radius 2 is 1.59 bits per heavy atom. The van der Waals surface area contributed by atoms with Crippen molar-refractivity contribution in [2.75, 3.05) is 0 Å². The first-order valence-corrected chi connectivity index (χ1v) is 11.1. The first-order valence-electron chi connectivity index (χ1n) is 10.2. The second kappa shape index (κ2) is 11.1. The van der Waals surface area contributed by atoms with Crippen molar-refractivity contribution in [3.63, 3.8) is 0 Å². The van der Waals surface area contributed by atoms with Gasteiger partial charge in [-0.15, -0.1) is 11.3 Å². The van der Waals surface area contributed by atoms with Crippen LogP contribution in [0.4, 0.5) is 0 Å². The third kappa shape index (κ3) is 6.68. The predicted molar refractivity (Wildman–Crippen MR) is 124 cm³/mol. The number of nitrogens with one attached hydrogen (secondary N) is 3. The zero-order valence-electron chi connectivity index (χ0n) is 17.8. The minimum absolute atomic E-state index is 0.0277. The van der Waals surface area contributed by atoms with Gasteiger partial charge in [0.05, 0.1) is 11.0 Å². The monoisotopic (exact) mass is 451 g/mol. The molecule has 1 aromatic heterocycles. The zero-order chi connectivity index (χ0) is 22.9. The number of amides is 3. The van der Waals surface area contributed by atoms with E-state index in [0.717, 1.165) is 5.56 Å². The molecule has 166 valence electrons. The molecule has 0 radical (unpaired) electrons. The fraction of sp³-hybridized carbons (Fsp3) is 0.208. The SMILES string of the molecule is CC(C)Oc1ccc(C(=O)NNC(=O)[C@H](Cc2ccccc2)NC(=O)c2cccs2)cc1. The van der Waals surface area contributed by atoms with Gasteiger partial charge in [-0.05, 0) is 55.1 Å². The lowest BCUT2D eigenvalue weighted by molar-refractivity contribution is -0.123. The minimum atomic E-state index is -0.867. The molecule has 0 unspecified atom stereocenters. The van der Waals surface area contributed by atoms with Crippen LogP contribution in [0.2, 0.25) is 0 Å². The predicted octanol–water partition coefficient (Wildman–Crippen LogP) is 3.34. The van der Waals surface area contributed by atoms with E-state index in [0.29, 0.717) is 16.2 Å². The topological polar surface area (TPSA) is 96.5 Å². The highest BCUT2D eigenvalue weighted by Crippen LogP contribution is 2.14. The summed E-state index contributed by atoms with van der Waals surface area (Å²) < 4.78 is 5.56. The Labute approximate surface area is 190 Å². The number of hydrogen-bond acceptors (Lipinski definition) is 5. The van der Waals surface area contributed by atoms with Gasteiger partial charge < -0.3 is 10.1 Å². The maximum absolute atomic E-state index is 12.8. The van der Waals surface area contributed by atoms with Crippen molar-refractivity contribution in [1.29, 1.82) is 0 Å². The molecule has 7 nitrogen and oxygen atoms in total. The summed E-state index contributed by atoms with van der Waals surface area (Å²) in [7, 11) is 0. The van der Waals surface area contributed by atoms with E-state index in [-0.39, 0.29) is 18.4 Å². The van der Waals surface area contributed by atoms with Crippen LogP contribution in [0.1, 0.15) is 39.4 Å². The van der Waals surface area contributed by atoms with Crippen LogP contribution in [-0.4, -0.2) is 29.9 Å². The number of hydrazine groups is 1. The van der Waals surface area contributed by atoms with Gasteiger partial charge in [-0.1, -0.05) is 36.4 Å². The normalized spacial score (nSPS) is 11.5. The third-order valence-corrected chi connectivity index (χ3v) is 5.31. The maximum atomic E-state index is 12.8. The molecular formula is C24H25N3O4S. The molecule has 8 heteroatoms. The fourth-order valence-electron chi connectivity index (χ4n) is 2.93. The summed E-state index contributed by atoms with van der Waals surface area (Å²) in [6.45, 7) is 3.83. The maximum Gasteiger partial charge on any atom is 0.269 e. The van der Waals surface area contributed by atoms with Crippen molar-refractivity contribution in [2.24, 2.45) is 0 Å². The first kappa shape index (κ1) is 23.0. The molecule has 3 N–H and O–H groups in total. The first-order chi connectivity index (χ1) is 15.4. The van der Waals surface area contributed by atoms with Gasteiger partial charge in [0, 0.05) is 12.0 Å². The average molecular weight is 452 g/mol. The van der Waals surface area contributed by atoms with E-state index in [9.17, 15) is 14.4 Å². The molecule has 0 bridgehead atoms. The Morgan fingerprint density at radius 1 is 0.875 bits per heavy atom. The van der Waals surface area contributed by atoms with Gasteiger partial charge in [-0.25, -0.2) is 0 Å². The number of thiophene rings is 1. The Balaban J connectivity index is 1.63. The number of rotatable bonds is 8. The van der Waals surface area contributed by atoms with Crippen LogP contribution in [0.25, 0.3) is 0 Å². The number of carbonyl (C=O) groups is 3. The van der Waals surface area contributed by atoms with Crippen molar-refractivity contribution >= 4 is 29.1 Å². The van der Waals surface area contributed by atoms with Gasteiger partial charge in [-0.3, -0.25) is 25.2 Å². The lowest BCUT2D eigenvalue weighted by Crippen LogP contribution is -2.53. The van der Waals surface area contributed by atoms with Gasteiger partial charge in [0.1, 0.15) is 11.8 Å². The molecule has 1 heterocycles. The summed E-state index contributed by atoms with van der Waals surface area (Å²) in [4.78, 5) is 38.2. The van der Waals surface area contributed by atoms with E-state index >= 15 is 0 Å². The standard InChI is InChI=1S/C24H25N3O4S/c1-16(2)31-19-12-10-18(11-13-19)22(28)26-27-23(29)20(15-17-7-4-3-5-8-17)25-24(30)21-9-6-14-32-21/h3-14,16,20H,15H2,1-2H3,(H,25,30)(H,26,28)(H,27,29)/t20-/m0/s1. The van der Waals surface area contributed by atoms with Gasteiger partial charge in [0.25, 0.3) is 17.7 Å². The smallest absolute Gasteiger partial charge is 0.269 e. The van der Waals surface area contributed by atoms with Crippen molar-refractivity contribution in [2.45, 2.75) is 32.4 Å². The summed E-state index contributed by atoms with van der Waals surface area (Å²) in [5.74, 6) is -0.688. The quantitative estimate of drug-likeness (QED) is 0.458. The summed E-state index contributed by atoms with van der Waals surface area (Å²) in [6, 6.07) is 18.5. The summed E-state index contributed by atoms with van der Waals surface area (Å²) in [5, 5.41) is 4.54. The molecule has 0 fully saturated rings. The van der Waals surface area contributed by atoms with E-state index < -0.39 is 17.9 Å². The van der Waals surface area contributed by atoms with Crippen LogP contribution < -0.4 is 20.9 Å². The van der Waals surface area contributed by atoms with Crippen molar-refractivity contribution in [3.8, 4) is 5.75 Å². The average Bonchev–Trinajstić information content (AvgIpc) is 3.33. The largest absolute Gasteiger partial charge is 0.491 e. The van der Waals surface area contributed by atoms with Crippen molar-refractivity contribution < 1.29 is 19.1 Å². The summed E-state index contributed by atoms with van der Waals surface area (Å²) >= 11 is 1.29. The number of hydrogen-bond donors (Lipinski definition) is 3. The van der Waals surface area contributed by atoms with Gasteiger partial charge in [0.2, 0.25) is 0 Å². The van der Waals surface area contributed by atoms with E-state index in [1.165, 1.54) is 11.3 Å². The molecule has 0 aliphatic carbocycles. The van der Waals surface area contributed by atoms with Crippen LogP contribution in [0.3, 0.4) is 0 Å². The minimum Gasteiger partial charge on any atom is -0.491 e. The Hall–Kier alpha value is -3.65. The van der Waals surface area contributed by atoms with Crippen molar-refractivity contribution in [3.05, 3.63) is 88.1 Å². The highest BCUT2D eigenvalue weighted by atomic mass is 32.1. The molecule has 0 saturated heterocycles. The molecule has 3 rings (SSSR count). The third-order valence-electron chi connectivity index (χ3n) is 4.44. The summed E-state index contributed by atoms with van der Waals surface area (Å²) in [6.07, 6.45) is 0.306. The highest BCUT2D eigenvalue weighted by Gasteiger charge is 2.23. The van der Waals surface area contributed by atoms with Crippen LogP contribution in [0.15, 0.2) is 72.1 Å². The molecule has 0 spiro atoms. The Bertz CT molecular complexity index is 1030. The van der Waals surface area contributed by atoms with Gasteiger partial charge >= 0.3 is 0 Å². The summed E-state index contributed by atoms with van der Waals surface area (Å²) in [5.41, 5.74) is 6.07. The van der Waals surface area contributed by atoms with E-state index in [1.807, 2.05) is 44.2 Å². The highest BCUT2D eigenvalue weighted by molar-refractivity contribution is 7.12. The van der Waals surface area contributed by atoms with Crippen LogP contribution in [0.5, 0.6) is 5.75 Å². The second-order valence-electron chi connectivity index (χ2n) is 7.33.